The lowest BCUT2D eigenvalue weighted by atomic mass is 9.91. The summed E-state index contributed by atoms with van der Waals surface area (Å²) < 4.78 is 5.14. The Hall–Kier alpha value is -2.24. The van der Waals surface area contributed by atoms with E-state index in [2.05, 4.69) is 5.32 Å². The number of likely N-dealkylation sites (tertiary alicyclic amines) is 1. The maximum Gasteiger partial charge on any atom is 0.317 e. The van der Waals surface area contributed by atoms with Crippen LogP contribution in [0.2, 0.25) is 0 Å². The highest BCUT2D eigenvalue weighted by Gasteiger charge is 2.31. The van der Waals surface area contributed by atoms with Gasteiger partial charge in [0.2, 0.25) is 0 Å². The molecular weight excluding hydrogens is 284 g/mol. The second kappa shape index (κ2) is 7.15. The molecule has 2 rings (SSSR count). The molecule has 22 heavy (non-hydrogen) atoms. The minimum atomic E-state index is -0.836. The Kier molecular flexibility index (Phi) is 5.25. The van der Waals surface area contributed by atoms with Gasteiger partial charge in [0.1, 0.15) is 5.75 Å². The van der Waals surface area contributed by atoms with E-state index in [9.17, 15) is 9.59 Å². The second-order valence-electron chi connectivity index (χ2n) is 5.79. The van der Waals surface area contributed by atoms with Crippen molar-refractivity contribution in [1.29, 1.82) is 0 Å². The van der Waals surface area contributed by atoms with Crippen LogP contribution in [0.5, 0.6) is 5.75 Å². The Balaban J connectivity index is 1.92. The van der Waals surface area contributed by atoms with Crippen molar-refractivity contribution in [2.45, 2.75) is 19.9 Å². The van der Waals surface area contributed by atoms with E-state index in [0.29, 0.717) is 19.5 Å². The molecule has 0 aromatic heterocycles. The number of urea groups is 1. The van der Waals surface area contributed by atoms with Crippen LogP contribution in [0, 0.1) is 11.8 Å². The Bertz CT molecular complexity index is 547. The summed E-state index contributed by atoms with van der Waals surface area (Å²) >= 11 is 0. The number of rotatable bonds is 4. The predicted molar refractivity (Wildman–Crippen MR) is 81.7 cm³/mol. The van der Waals surface area contributed by atoms with Crippen LogP contribution in [0.25, 0.3) is 0 Å². The summed E-state index contributed by atoms with van der Waals surface area (Å²) in [5, 5.41) is 12.0. The van der Waals surface area contributed by atoms with E-state index in [1.54, 1.807) is 12.0 Å². The third-order valence-electron chi connectivity index (χ3n) is 3.87. The molecule has 1 aliphatic rings. The fraction of sp³-hybridized carbons (Fsp3) is 0.500. The van der Waals surface area contributed by atoms with Gasteiger partial charge >= 0.3 is 12.0 Å². The molecule has 2 unspecified atom stereocenters. The van der Waals surface area contributed by atoms with Crippen molar-refractivity contribution in [3.8, 4) is 5.75 Å². The Labute approximate surface area is 130 Å². The van der Waals surface area contributed by atoms with Gasteiger partial charge in [0.25, 0.3) is 0 Å². The van der Waals surface area contributed by atoms with Crippen molar-refractivity contribution in [2.24, 2.45) is 11.8 Å². The molecule has 2 atom stereocenters. The van der Waals surface area contributed by atoms with E-state index in [4.69, 9.17) is 9.84 Å². The molecule has 2 amide bonds. The lowest BCUT2D eigenvalue weighted by molar-refractivity contribution is -0.143. The summed E-state index contributed by atoms with van der Waals surface area (Å²) in [6.07, 6.45) is 0.620. The van der Waals surface area contributed by atoms with Crippen LogP contribution in [-0.4, -0.2) is 42.2 Å². The number of piperidine rings is 1. The van der Waals surface area contributed by atoms with E-state index in [-0.39, 0.29) is 18.5 Å². The largest absolute Gasteiger partial charge is 0.497 e. The van der Waals surface area contributed by atoms with Gasteiger partial charge in [0.05, 0.1) is 13.0 Å². The number of nitrogens with one attached hydrogen (secondary N) is 1. The lowest BCUT2D eigenvalue weighted by Crippen LogP contribution is -2.49. The minimum Gasteiger partial charge on any atom is -0.497 e. The zero-order valence-electron chi connectivity index (χ0n) is 12.9. The lowest BCUT2D eigenvalue weighted by Gasteiger charge is -2.34. The molecule has 6 nitrogen and oxygen atoms in total. The fourth-order valence-electron chi connectivity index (χ4n) is 2.77. The number of benzene rings is 1. The number of carbonyl (C=O) groups is 2. The third-order valence-corrected chi connectivity index (χ3v) is 3.87. The smallest absolute Gasteiger partial charge is 0.317 e. The molecule has 2 N–H and O–H groups in total. The van der Waals surface area contributed by atoms with Crippen molar-refractivity contribution < 1.29 is 19.4 Å². The van der Waals surface area contributed by atoms with Gasteiger partial charge < -0.3 is 20.1 Å². The number of ether oxygens (including phenoxy) is 1. The van der Waals surface area contributed by atoms with Gasteiger partial charge in [-0.25, -0.2) is 4.79 Å². The molecule has 1 saturated heterocycles. The Morgan fingerprint density at radius 2 is 2.18 bits per heavy atom. The number of carbonyl (C=O) groups excluding carboxylic acids is 1. The summed E-state index contributed by atoms with van der Waals surface area (Å²) in [7, 11) is 1.60. The zero-order valence-corrected chi connectivity index (χ0v) is 12.9. The van der Waals surface area contributed by atoms with Crippen LogP contribution in [0.3, 0.4) is 0 Å². The Morgan fingerprint density at radius 3 is 2.86 bits per heavy atom. The van der Waals surface area contributed by atoms with E-state index in [1.165, 1.54) is 0 Å². The quantitative estimate of drug-likeness (QED) is 0.891. The third kappa shape index (κ3) is 4.13. The molecule has 1 aromatic carbocycles. The van der Waals surface area contributed by atoms with Gasteiger partial charge in [-0.2, -0.15) is 0 Å². The minimum absolute atomic E-state index is 0.192. The maximum atomic E-state index is 12.2. The molecule has 0 saturated carbocycles. The molecule has 1 heterocycles. The first-order valence-electron chi connectivity index (χ1n) is 7.38. The van der Waals surface area contributed by atoms with Crippen LogP contribution >= 0.6 is 0 Å². The van der Waals surface area contributed by atoms with Crippen molar-refractivity contribution in [1.82, 2.24) is 10.2 Å². The number of methoxy groups -OCH3 is 1. The summed E-state index contributed by atoms with van der Waals surface area (Å²) in [4.78, 5) is 25.0. The molecule has 120 valence electrons. The van der Waals surface area contributed by atoms with E-state index < -0.39 is 11.9 Å². The van der Waals surface area contributed by atoms with Crippen LogP contribution < -0.4 is 10.1 Å². The first kappa shape index (κ1) is 16.1. The van der Waals surface area contributed by atoms with Crippen LogP contribution in [0.4, 0.5) is 4.79 Å². The number of carboxylic acid groups (broad SMARTS) is 1. The normalized spacial score (nSPS) is 21.3. The molecule has 0 aliphatic carbocycles. The van der Waals surface area contributed by atoms with Crippen molar-refractivity contribution in [3.05, 3.63) is 29.8 Å². The highest BCUT2D eigenvalue weighted by atomic mass is 16.5. The molecule has 0 radical (unpaired) electrons. The summed E-state index contributed by atoms with van der Waals surface area (Å²) in [6, 6.07) is 7.25. The summed E-state index contributed by atoms with van der Waals surface area (Å²) in [5.41, 5.74) is 0.938. The van der Waals surface area contributed by atoms with Crippen LogP contribution in [-0.2, 0) is 11.3 Å². The molecule has 1 aromatic rings. The second-order valence-corrected chi connectivity index (χ2v) is 5.79. The molecular formula is C16H22N2O4. The SMILES string of the molecule is COc1cccc(CNC(=O)N2CC(C)CC(C(=O)O)C2)c1. The number of aliphatic carboxylic acids is 1. The number of amides is 2. The van der Waals surface area contributed by atoms with Crippen LogP contribution in [0.1, 0.15) is 18.9 Å². The summed E-state index contributed by atoms with van der Waals surface area (Å²) in [5.74, 6) is -0.384. The van der Waals surface area contributed by atoms with Crippen molar-refractivity contribution in [3.63, 3.8) is 0 Å². The number of hydrogen-bond donors (Lipinski definition) is 2. The monoisotopic (exact) mass is 306 g/mol. The zero-order chi connectivity index (χ0) is 16.1. The molecule has 1 fully saturated rings. The standard InChI is InChI=1S/C16H22N2O4/c1-11-6-13(15(19)20)10-18(9-11)16(21)17-8-12-4-3-5-14(7-12)22-2/h3-5,7,11,13H,6,8-10H2,1-2H3,(H,17,21)(H,19,20). The van der Waals surface area contributed by atoms with Crippen LogP contribution in [0.15, 0.2) is 24.3 Å². The molecule has 0 spiro atoms. The topological polar surface area (TPSA) is 78.9 Å². The fourth-order valence-corrected chi connectivity index (χ4v) is 2.77. The van der Waals surface area contributed by atoms with Gasteiger partial charge in [0, 0.05) is 19.6 Å². The number of nitrogens with zero attached hydrogens (tertiary/aromatic N) is 1. The number of hydrogen-bond acceptors (Lipinski definition) is 3. The molecule has 6 heteroatoms. The predicted octanol–water partition coefficient (Wildman–Crippen LogP) is 1.95. The number of carboxylic acids is 1. The Morgan fingerprint density at radius 1 is 1.41 bits per heavy atom. The average molecular weight is 306 g/mol. The molecule has 0 bridgehead atoms. The average Bonchev–Trinajstić information content (AvgIpc) is 2.52. The summed E-state index contributed by atoms with van der Waals surface area (Å²) in [6.45, 7) is 3.22. The first-order chi connectivity index (χ1) is 10.5. The van der Waals surface area contributed by atoms with E-state index in [1.807, 2.05) is 31.2 Å². The van der Waals surface area contributed by atoms with E-state index in [0.717, 1.165) is 11.3 Å². The van der Waals surface area contributed by atoms with Gasteiger partial charge in [-0.3, -0.25) is 4.79 Å². The maximum absolute atomic E-state index is 12.2. The highest BCUT2D eigenvalue weighted by Crippen LogP contribution is 2.22. The van der Waals surface area contributed by atoms with Gasteiger partial charge in [-0.15, -0.1) is 0 Å². The molecule has 1 aliphatic heterocycles. The van der Waals surface area contributed by atoms with Gasteiger partial charge in [0.15, 0.2) is 0 Å². The van der Waals surface area contributed by atoms with Crippen molar-refractivity contribution in [2.75, 3.05) is 20.2 Å². The van der Waals surface area contributed by atoms with Gasteiger partial charge in [-0.1, -0.05) is 19.1 Å². The highest BCUT2D eigenvalue weighted by molar-refractivity contribution is 5.76. The van der Waals surface area contributed by atoms with Gasteiger partial charge in [-0.05, 0) is 30.0 Å². The first-order valence-corrected chi connectivity index (χ1v) is 7.38. The van der Waals surface area contributed by atoms with E-state index >= 15 is 0 Å². The van der Waals surface area contributed by atoms with Crippen molar-refractivity contribution >= 4 is 12.0 Å².